The topological polar surface area (TPSA) is 83.6 Å². The van der Waals surface area contributed by atoms with Gasteiger partial charge in [-0.3, -0.25) is 9.59 Å². The molecule has 3 N–H and O–H groups in total. The first-order chi connectivity index (χ1) is 9.38. The number of likely N-dealkylation sites (tertiary alicyclic amines) is 1. The van der Waals surface area contributed by atoms with Gasteiger partial charge < -0.3 is 15.7 Å². The van der Waals surface area contributed by atoms with E-state index in [1.165, 1.54) is 12.1 Å². The minimum absolute atomic E-state index is 0.00354. The number of nitrogens with two attached hydrogens (primary N) is 1. The number of benzene rings is 1. The molecule has 0 aromatic heterocycles. The summed E-state index contributed by atoms with van der Waals surface area (Å²) in [5.41, 5.74) is 6.24. The fraction of sp³-hybridized carbons (Fsp3) is 0.385. The lowest BCUT2D eigenvalue weighted by Gasteiger charge is -2.17. The van der Waals surface area contributed by atoms with E-state index in [4.69, 9.17) is 34.0 Å². The Bertz CT molecular complexity index is 540. The number of aliphatic carboxylic acids is 1. The van der Waals surface area contributed by atoms with Crippen LogP contribution in [0, 0.1) is 5.92 Å². The van der Waals surface area contributed by atoms with Crippen molar-refractivity contribution in [3.8, 4) is 0 Å². The maximum absolute atomic E-state index is 12.3. The van der Waals surface area contributed by atoms with Gasteiger partial charge in [-0.05, 0) is 24.5 Å². The van der Waals surface area contributed by atoms with Crippen molar-refractivity contribution in [2.75, 3.05) is 18.8 Å². The molecular formula is C13H14Cl2N2O3. The lowest BCUT2D eigenvalue weighted by Crippen LogP contribution is -2.29. The molecule has 1 aliphatic heterocycles. The van der Waals surface area contributed by atoms with Gasteiger partial charge in [0.05, 0.1) is 15.7 Å². The predicted molar refractivity (Wildman–Crippen MR) is 77.1 cm³/mol. The zero-order valence-corrected chi connectivity index (χ0v) is 12.1. The molecule has 1 unspecified atom stereocenters. The number of anilines is 1. The van der Waals surface area contributed by atoms with Crippen molar-refractivity contribution in [1.82, 2.24) is 4.90 Å². The molecule has 0 radical (unpaired) electrons. The van der Waals surface area contributed by atoms with Crippen LogP contribution in [-0.2, 0) is 4.79 Å². The number of hydrogen-bond donors (Lipinski definition) is 2. The van der Waals surface area contributed by atoms with Gasteiger partial charge >= 0.3 is 5.97 Å². The van der Waals surface area contributed by atoms with Crippen molar-refractivity contribution in [3.05, 3.63) is 27.7 Å². The van der Waals surface area contributed by atoms with Crippen LogP contribution >= 0.6 is 23.2 Å². The van der Waals surface area contributed by atoms with Crippen molar-refractivity contribution in [1.29, 1.82) is 0 Å². The quantitative estimate of drug-likeness (QED) is 0.839. The summed E-state index contributed by atoms with van der Waals surface area (Å²) in [6.07, 6.45) is 0.765. The van der Waals surface area contributed by atoms with Gasteiger partial charge in [0.2, 0.25) is 0 Å². The van der Waals surface area contributed by atoms with E-state index in [1.54, 1.807) is 4.90 Å². The Labute approximate surface area is 126 Å². The van der Waals surface area contributed by atoms with Gasteiger partial charge in [-0.15, -0.1) is 0 Å². The standard InChI is InChI=1S/C13H14Cl2N2O3/c14-9-4-8(5-10(15)12(9)16)13(20)17-2-1-7(6-17)3-11(18)19/h4-5,7H,1-3,6,16H2,(H,18,19). The van der Waals surface area contributed by atoms with E-state index in [0.29, 0.717) is 25.1 Å². The Morgan fingerprint density at radius 2 is 1.95 bits per heavy atom. The molecule has 1 aromatic rings. The van der Waals surface area contributed by atoms with Gasteiger partial charge in [-0.2, -0.15) is 0 Å². The average Bonchev–Trinajstić information content (AvgIpc) is 2.82. The van der Waals surface area contributed by atoms with Gasteiger partial charge in [-0.1, -0.05) is 23.2 Å². The van der Waals surface area contributed by atoms with Crippen LogP contribution < -0.4 is 5.73 Å². The summed E-state index contributed by atoms with van der Waals surface area (Å²) in [7, 11) is 0. The van der Waals surface area contributed by atoms with E-state index < -0.39 is 5.97 Å². The third-order valence-electron chi connectivity index (χ3n) is 3.36. The lowest BCUT2D eigenvalue weighted by atomic mass is 10.1. The monoisotopic (exact) mass is 316 g/mol. The number of carboxylic acids is 1. The summed E-state index contributed by atoms with van der Waals surface area (Å²) < 4.78 is 0. The fourth-order valence-corrected chi connectivity index (χ4v) is 2.81. The largest absolute Gasteiger partial charge is 0.481 e. The number of amides is 1. The normalized spacial score (nSPS) is 18.3. The Hall–Kier alpha value is -1.46. The molecule has 1 amide bonds. The van der Waals surface area contributed by atoms with Crippen LogP contribution in [0.25, 0.3) is 0 Å². The number of hydrogen-bond acceptors (Lipinski definition) is 3. The Kier molecular flexibility index (Phi) is 4.40. The maximum Gasteiger partial charge on any atom is 0.303 e. The zero-order chi connectivity index (χ0) is 14.9. The maximum atomic E-state index is 12.3. The molecule has 1 aliphatic rings. The van der Waals surface area contributed by atoms with E-state index in [1.807, 2.05) is 0 Å². The number of nitrogen functional groups attached to an aromatic ring is 1. The average molecular weight is 317 g/mol. The van der Waals surface area contributed by atoms with Crippen molar-refractivity contribution in [2.24, 2.45) is 5.92 Å². The molecule has 0 spiro atoms. The summed E-state index contributed by atoms with van der Waals surface area (Å²) in [6.45, 7) is 0.973. The summed E-state index contributed by atoms with van der Waals surface area (Å²) in [4.78, 5) is 24.6. The van der Waals surface area contributed by atoms with Crippen LogP contribution in [0.2, 0.25) is 10.0 Å². The molecule has 5 nitrogen and oxygen atoms in total. The van der Waals surface area contributed by atoms with Gasteiger partial charge in [0.15, 0.2) is 0 Å². The van der Waals surface area contributed by atoms with E-state index in [-0.39, 0.29) is 34.0 Å². The molecule has 108 valence electrons. The number of rotatable bonds is 3. The third-order valence-corrected chi connectivity index (χ3v) is 3.99. The van der Waals surface area contributed by atoms with Gasteiger partial charge in [-0.25, -0.2) is 0 Å². The Balaban J connectivity index is 2.11. The molecule has 0 aliphatic carbocycles. The number of carboxylic acid groups (broad SMARTS) is 1. The van der Waals surface area contributed by atoms with Crippen molar-refractivity contribution in [2.45, 2.75) is 12.8 Å². The Morgan fingerprint density at radius 3 is 2.50 bits per heavy atom. The Morgan fingerprint density at radius 1 is 1.35 bits per heavy atom. The molecule has 0 saturated carbocycles. The van der Waals surface area contributed by atoms with E-state index in [0.717, 1.165) is 0 Å². The van der Waals surface area contributed by atoms with Gasteiger partial charge in [0.25, 0.3) is 5.91 Å². The second kappa shape index (κ2) is 5.89. The molecule has 1 aromatic carbocycles. The smallest absolute Gasteiger partial charge is 0.303 e. The van der Waals surface area contributed by atoms with Gasteiger partial charge in [0, 0.05) is 25.1 Å². The minimum Gasteiger partial charge on any atom is -0.481 e. The summed E-state index contributed by atoms with van der Waals surface area (Å²) in [6, 6.07) is 2.96. The lowest BCUT2D eigenvalue weighted by molar-refractivity contribution is -0.138. The predicted octanol–water partition coefficient (Wildman–Crippen LogP) is 2.51. The summed E-state index contributed by atoms with van der Waals surface area (Å²) in [5, 5.41) is 9.24. The first kappa shape index (κ1) is 14.9. The zero-order valence-electron chi connectivity index (χ0n) is 10.6. The highest BCUT2D eigenvalue weighted by atomic mass is 35.5. The van der Waals surface area contributed by atoms with Gasteiger partial charge in [0.1, 0.15) is 0 Å². The van der Waals surface area contributed by atoms with Crippen LogP contribution in [0.4, 0.5) is 5.69 Å². The highest BCUT2D eigenvalue weighted by Crippen LogP contribution is 2.30. The van der Waals surface area contributed by atoms with Crippen LogP contribution in [-0.4, -0.2) is 35.0 Å². The van der Waals surface area contributed by atoms with Crippen molar-refractivity contribution < 1.29 is 14.7 Å². The number of carbonyl (C=O) groups excluding carboxylic acids is 1. The molecule has 20 heavy (non-hydrogen) atoms. The SMILES string of the molecule is Nc1c(Cl)cc(C(=O)N2CCC(CC(=O)O)C2)cc1Cl. The molecule has 1 saturated heterocycles. The van der Waals surface area contributed by atoms with Crippen molar-refractivity contribution >= 4 is 40.8 Å². The highest BCUT2D eigenvalue weighted by Gasteiger charge is 2.28. The molecule has 0 bridgehead atoms. The summed E-state index contributed by atoms with van der Waals surface area (Å²) >= 11 is 11.8. The number of halogens is 2. The van der Waals surface area contributed by atoms with E-state index in [9.17, 15) is 9.59 Å². The molecule has 2 rings (SSSR count). The molecule has 7 heteroatoms. The second-order valence-corrected chi connectivity index (χ2v) is 5.67. The fourth-order valence-electron chi connectivity index (χ4n) is 2.32. The molecule has 1 atom stereocenters. The first-order valence-electron chi connectivity index (χ1n) is 6.14. The summed E-state index contributed by atoms with van der Waals surface area (Å²) in [5.74, 6) is -1.05. The number of carbonyl (C=O) groups is 2. The first-order valence-corrected chi connectivity index (χ1v) is 6.89. The van der Waals surface area contributed by atoms with Crippen LogP contribution in [0.5, 0.6) is 0 Å². The molecule has 1 heterocycles. The van der Waals surface area contributed by atoms with Crippen molar-refractivity contribution in [3.63, 3.8) is 0 Å². The number of nitrogens with zero attached hydrogens (tertiary/aromatic N) is 1. The van der Waals surface area contributed by atoms with Crippen LogP contribution in [0.3, 0.4) is 0 Å². The molecule has 1 fully saturated rings. The van der Waals surface area contributed by atoms with E-state index >= 15 is 0 Å². The minimum atomic E-state index is -0.845. The highest BCUT2D eigenvalue weighted by molar-refractivity contribution is 6.39. The third kappa shape index (κ3) is 3.16. The van der Waals surface area contributed by atoms with E-state index in [2.05, 4.69) is 0 Å². The van der Waals surface area contributed by atoms with Crippen LogP contribution in [0.1, 0.15) is 23.2 Å². The molecular weight excluding hydrogens is 303 g/mol. The van der Waals surface area contributed by atoms with Crippen LogP contribution in [0.15, 0.2) is 12.1 Å². The second-order valence-electron chi connectivity index (χ2n) is 4.86.